The summed E-state index contributed by atoms with van der Waals surface area (Å²) >= 11 is 0. The first kappa shape index (κ1) is 11.0. The smallest absolute Gasteiger partial charge is 0.303 e. The van der Waals surface area contributed by atoms with E-state index in [0.29, 0.717) is 6.42 Å². The summed E-state index contributed by atoms with van der Waals surface area (Å²) in [4.78, 5) is 10.4. The summed E-state index contributed by atoms with van der Waals surface area (Å²) < 4.78 is 5.40. The maximum atomic E-state index is 10.4. The summed E-state index contributed by atoms with van der Waals surface area (Å²) in [6, 6.07) is 5.64. The van der Waals surface area contributed by atoms with Gasteiger partial charge in [-0.3, -0.25) is 4.79 Å². The lowest BCUT2D eigenvalue weighted by atomic mass is 10.00. The third kappa shape index (κ3) is 2.33. The highest BCUT2D eigenvalue weighted by molar-refractivity contribution is 5.66. The third-order valence-corrected chi connectivity index (χ3v) is 2.81. The second-order valence-electron chi connectivity index (χ2n) is 4.00. The Labute approximate surface area is 94.0 Å². The van der Waals surface area contributed by atoms with E-state index in [2.05, 4.69) is 0 Å². The van der Waals surface area contributed by atoms with Crippen molar-refractivity contribution in [1.29, 1.82) is 0 Å². The topological polar surface area (TPSA) is 72.6 Å². The zero-order valence-electron chi connectivity index (χ0n) is 8.98. The number of hydrogen-bond donors (Lipinski definition) is 2. The SMILES string of the molecule is NC(CCC(=O)O)c1ccc2c(c1)CCO2. The highest BCUT2D eigenvalue weighted by atomic mass is 16.5. The Kier molecular flexibility index (Phi) is 3.10. The van der Waals surface area contributed by atoms with Crippen molar-refractivity contribution in [1.82, 2.24) is 0 Å². The van der Waals surface area contributed by atoms with Gasteiger partial charge < -0.3 is 15.6 Å². The van der Waals surface area contributed by atoms with Crippen LogP contribution < -0.4 is 10.5 Å². The van der Waals surface area contributed by atoms with E-state index < -0.39 is 5.97 Å². The first-order valence-electron chi connectivity index (χ1n) is 5.40. The summed E-state index contributed by atoms with van der Waals surface area (Å²) in [5.41, 5.74) is 8.09. The molecule has 1 aromatic rings. The van der Waals surface area contributed by atoms with E-state index in [4.69, 9.17) is 15.6 Å². The Bertz CT molecular complexity index is 403. The predicted molar refractivity (Wildman–Crippen MR) is 59.4 cm³/mol. The number of benzene rings is 1. The molecule has 16 heavy (non-hydrogen) atoms. The third-order valence-electron chi connectivity index (χ3n) is 2.81. The first-order chi connectivity index (χ1) is 7.66. The van der Waals surface area contributed by atoms with Gasteiger partial charge in [0.05, 0.1) is 6.61 Å². The largest absolute Gasteiger partial charge is 0.493 e. The van der Waals surface area contributed by atoms with Crippen molar-refractivity contribution in [3.63, 3.8) is 0 Å². The molecule has 86 valence electrons. The molecular formula is C12H15NO3. The van der Waals surface area contributed by atoms with Crippen LogP contribution in [0.15, 0.2) is 18.2 Å². The number of nitrogens with two attached hydrogens (primary N) is 1. The average Bonchev–Trinajstić information content (AvgIpc) is 2.72. The lowest BCUT2D eigenvalue weighted by molar-refractivity contribution is -0.137. The van der Waals surface area contributed by atoms with Crippen LogP contribution in [-0.2, 0) is 11.2 Å². The van der Waals surface area contributed by atoms with Gasteiger partial charge in [-0.2, -0.15) is 0 Å². The lowest BCUT2D eigenvalue weighted by Crippen LogP contribution is -2.12. The van der Waals surface area contributed by atoms with Crippen molar-refractivity contribution in [2.45, 2.75) is 25.3 Å². The maximum Gasteiger partial charge on any atom is 0.303 e. The molecule has 3 N–H and O–H groups in total. The number of ether oxygens (including phenoxy) is 1. The second kappa shape index (κ2) is 4.53. The van der Waals surface area contributed by atoms with Crippen LogP contribution in [0.5, 0.6) is 5.75 Å². The standard InChI is InChI=1S/C12H15NO3/c13-10(2-4-12(14)15)8-1-3-11-9(7-8)5-6-16-11/h1,3,7,10H,2,4-6,13H2,(H,14,15). The fraction of sp³-hybridized carbons (Fsp3) is 0.417. The summed E-state index contributed by atoms with van der Waals surface area (Å²) in [6.45, 7) is 0.725. The van der Waals surface area contributed by atoms with Gasteiger partial charge in [0.15, 0.2) is 0 Å². The maximum absolute atomic E-state index is 10.4. The molecule has 1 aliphatic rings. The Morgan fingerprint density at radius 3 is 3.12 bits per heavy atom. The van der Waals surface area contributed by atoms with Crippen molar-refractivity contribution >= 4 is 5.97 Å². The molecule has 0 aliphatic carbocycles. The molecule has 4 heteroatoms. The van der Waals surface area contributed by atoms with Gasteiger partial charge in [0.1, 0.15) is 5.75 Å². The second-order valence-corrected chi connectivity index (χ2v) is 4.00. The molecule has 1 aromatic carbocycles. The molecule has 1 atom stereocenters. The van der Waals surface area contributed by atoms with Crippen LogP contribution in [0.1, 0.15) is 30.0 Å². The molecule has 1 heterocycles. The highest BCUT2D eigenvalue weighted by Gasteiger charge is 2.15. The summed E-state index contributed by atoms with van der Waals surface area (Å²) in [5, 5.41) is 8.59. The van der Waals surface area contributed by atoms with Crippen molar-refractivity contribution < 1.29 is 14.6 Å². The highest BCUT2D eigenvalue weighted by Crippen LogP contribution is 2.28. The molecule has 4 nitrogen and oxygen atoms in total. The van der Waals surface area contributed by atoms with E-state index in [1.807, 2.05) is 18.2 Å². The summed E-state index contributed by atoms with van der Waals surface area (Å²) in [7, 11) is 0. The molecule has 0 radical (unpaired) electrons. The van der Waals surface area contributed by atoms with Crippen molar-refractivity contribution in [2.24, 2.45) is 5.73 Å². The number of rotatable bonds is 4. The number of hydrogen-bond acceptors (Lipinski definition) is 3. The quantitative estimate of drug-likeness (QED) is 0.807. The van der Waals surface area contributed by atoms with Crippen LogP contribution in [0.4, 0.5) is 0 Å². The van der Waals surface area contributed by atoms with Gasteiger partial charge in [-0.05, 0) is 23.6 Å². The molecule has 2 rings (SSSR count). The molecule has 0 saturated carbocycles. The van der Waals surface area contributed by atoms with E-state index in [-0.39, 0.29) is 12.5 Å². The van der Waals surface area contributed by atoms with Crippen molar-refractivity contribution in [3.8, 4) is 5.75 Å². The van der Waals surface area contributed by atoms with E-state index in [1.54, 1.807) is 0 Å². The molecular weight excluding hydrogens is 206 g/mol. The zero-order chi connectivity index (χ0) is 11.5. The molecule has 0 spiro atoms. The molecule has 0 saturated heterocycles. The molecule has 1 aliphatic heterocycles. The first-order valence-corrected chi connectivity index (χ1v) is 5.40. The Balaban J connectivity index is 2.06. The molecule has 0 aromatic heterocycles. The van der Waals surface area contributed by atoms with Gasteiger partial charge in [-0.1, -0.05) is 12.1 Å². The van der Waals surface area contributed by atoms with Crippen LogP contribution >= 0.6 is 0 Å². The minimum atomic E-state index is -0.806. The monoisotopic (exact) mass is 221 g/mol. The minimum Gasteiger partial charge on any atom is -0.493 e. The molecule has 0 bridgehead atoms. The van der Waals surface area contributed by atoms with Gasteiger partial charge in [0.2, 0.25) is 0 Å². The number of carboxylic acids is 1. The van der Waals surface area contributed by atoms with Crippen LogP contribution in [0.25, 0.3) is 0 Å². The number of aliphatic carboxylic acids is 1. The van der Waals surface area contributed by atoms with Crippen molar-refractivity contribution in [3.05, 3.63) is 29.3 Å². The van der Waals surface area contributed by atoms with Crippen LogP contribution in [0.2, 0.25) is 0 Å². The molecule has 1 unspecified atom stereocenters. The summed E-state index contributed by atoms with van der Waals surface area (Å²) in [5.74, 6) is 0.120. The van der Waals surface area contributed by atoms with Gasteiger partial charge in [0, 0.05) is 18.9 Å². The zero-order valence-corrected chi connectivity index (χ0v) is 8.98. The van der Waals surface area contributed by atoms with E-state index in [1.165, 1.54) is 5.56 Å². The molecule has 0 fully saturated rings. The number of carboxylic acid groups (broad SMARTS) is 1. The van der Waals surface area contributed by atoms with Crippen LogP contribution in [-0.4, -0.2) is 17.7 Å². The van der Waals surface area contributed by atoms with Gasteiger partial charge in [-0.25, -0.2) is 0 Å². The van der Waals surface area contributed by atoms with E-state index >= 15 is 0 Å². The number of carbonyl (C=O) groups is 1. The fourth-order valence-corrected chi connectivity index (χ4v) is 1.88. The van der Waals surface area contributed by atoms with Gasteiger partial charge in [0.25, 0.3) is 0 Å². The van der Waals surface area contributed by atoms with Crippen LogP contribution in [0.3, 0.4) is 0 Å². The predicted octanol–water partition coefficient (Wildman–Crippen LogP) is 1.49. The van der Waals surface area contributed by atoms with E-state index in [0.717, 1.165) is 24.3 Å². The van der Waals surface area contributed by atoms with Gasteiger partial charge in [-0.15, -0.1) is 0 Å². The fourth-order valence-electron chi connectivity index (χ4n) is 1.88. The normalized spacial score (nSPS) is 15.3. The Morgan fingerprint density at radius 1 is 1.56 bits per heavy atom. The van der Waals surface area contributed by atoms with Crippen LogP contribution in [0, 0.1) is 0 Å². The summed E-state index contributed by atoms with van der Waals surface area (Å²) in [6.07, 6.45) is 1.48. The lowest BCUT2D eigenvalue weighted by Gasteiger charge is -2.11. The van der Waals surface area contributed by atoms with Gasteiger partial charge >= 0.3 is 5.97 Å². The Morgan fingerprint density at radius 2 is 2.38 bits per heavy atom. The molecule has 0 amide bonds. The van der Waals surface area contributed by atoms with E-state index in [9.17, 15) is 4.79 Å². The number of fused-ring (bicyclic) bond motifs is 1. The Hall–Kier alpha value is -1.55. The van der Waals surface area contributed by atoms with Crippen molar-refractivity contribution in [2.75, 3.05) is 6.61 Å². The minimum absolute atomic E-state index is 0.106. The average molecular weight is 221 g/mol.